The van der Waals surface area contributed by atoms with Crippen molar-refractivity contribution in [1.82, 2.24) is 5.32 Å². The highest BCUT2D eigenvalue weighted by Crippen LogP contribution is 2.58. The van der Waals surface area contributed by atoms with E-state index in [1.54, 1.807) is 6.92 Å². The second-order valence-corrected chi connectivity index (χ2v) is 10.1. The van der Waals surface area contributed by atoms with Gasteiger partial charge in [-0.2, -0.15) is 0 Å². The molecule has 1 aliphatic carbocycles. The maximum absolute atomic E-state index is 12.0. The lowest BCUT2D eigenvalue weighted by Crippen LogP contribution is -2.46. The summed E-state index contributed by atoms with van der Waals surface area (Å²) < 4.78 is 22.5. The normalized spacial score (nSPS) is 29.8. The van der Waals surface area contributed by atoms with Crippen molar-refractivity contribution in [3.05, 3.63) is 36.0 Å². The number of nitrogens with two attached hydrogens (primary N) is 1. The van der Waals surface area contributed by atoms with Gasteiger partial charge in [0.25, 0.3) is 0 Å². The van der Waals surface area contributed by atoms with Gasteiger partial charge in [-0.15, -0.1) is 0 Å². The smallest absolute Gasteiger partial charge is 0.405 e. The number of carbonyl (C=O) groups excluding carboxylic acids is 2. The van der Waals surface area contributed by atoms with Crippen LogP contribution in [-0.2, 0) is 23.7 Å². The van der Waals surface area contributed by atoms with Crippen molar-refractivity contribution in [1.29, 1.82) is 0 Å². The van der Waals surface area contributed by atoms with Crippen LogP contribution >= 0.6 is 0 Å². The Hall–Kier alpha value is -2.16. The molecule has 2 saturated heterocycles. The van der Waals surface area contributed by atoms with Crippen LogP contribution in [0.3, 0.4) is 0 Å². The average molecular weight is 463 g/mol. The molecule has 3 fully saturated rings. The zero-order valence-corrected chi connectivity index (χ0v) is 20.2. The number of ether oxygens (including phenoxy) is 4. The summed E-state index contributed by atoms with van der Waals surface area (Å²) in [5, 5.41) is 2.80. The summed E-state index contributed by atoms with van der Waals surface area (Å²) in [5.41, 5.74) is 6.54. The van der Waals surface area contributed by atoms with Crippen molar-refractivity contribution in [3.8, 4) is 0 Å². The molecule has 33 heavy (non-hydrogen) atoms. The van der Waals surface area contributed by atoms with E-state index in [1.165, 1.54) is 25.0 Å². The summed E-state index contributed by atoms with van der Waals surface area (Å²) in [4.78, 5) is 22.7. The lowest BCUT2D eigenvalue weighted by Gasteiger charge is -2.40. The van der Waals surface area contributed by atoms with Crippen molar-refractivity contribution in [2.24, 2.45) is 11.1 Å². The molecule has 3 aliphatic rings. The fourth-order valence-corrected chi connectivity index (χ4v) is 4.63. The highest BCUT2D eigenvalue weighted by molar-refractivity contribution is 5.87. The minimum atomic E-state index is -0.884. The zero-order valence-electron chi connectivity index (χ0n) is 20.2. The zero-order chi connectivity index (χ0) is 24.1. The van der Waals surface area contributed by atoms with Gasteiger partial charge in [0.2, 0.25) is 5.91 Å². The van der Waals surface area contributed by atoms with E-state index in [9.17, 15) is 9.59 Å². The van der Waals surface area contributed by atoms with E-state index >= 15 is 0 Å². The average Bonchev–Trinajstić information content (AvgIpc) is 3.46. The number of hydrogen-bond donors (Lipinski definition) is 2. The molecule has 0 aromatic heterocycles. The Morgan fingerprint density at radius 1 is 1.21 bits per heavy atom. The molecular weight excluding hydrogens is 424 g/mol. The Balaban J connectivity index is 1.36. The fraction of sp³-hybridized carbons (Fsp3) is 0.680. The van der Waals surface area contributed by atoms with Gasteiger partial charge in [0.15, 0.2) is 6.29 Å². The molecule has 0 aromatic carbocycles. The lowest BCUT2D eigenvalue weighted by atomic mass is 9.82. The van der Waals surface area contributed by atoms with E-state index in [2.05, 4.69) is 44.3 Å². The van der Waals surface area contributed by atoms with Gasteiger partial charge >= 0.3 is 6.09 Å². The fourth-order valence-electron chi connectivity index (χ4n) is 4.63. The molecule has 0 radical (unpaired) electrons. The summed E-state index contributed by atoms with van der Waals surface area (Å²) in [6.07, 6.45) is 13.1. The number of allylic oxidation sites excluding steroid dienone is 2. The number of hydrogen-bond acceptors (Lipinski definition) is 6. The van der Waals surface area contributed by atoms with Crippen LogP contribution in [0.1, 0.15) is 59.8 Å². The first-order valence-electron chi connectivity index (χ1n) is 11.7. The molecule has 2 atom stereocenters. The molecule has 0 aromatic rings. The van der Waals surface area contributed by atoms with Gasteiger partial charge < -0.3 is 30.0 Å². The highest BCUT2D eigenvalue weighted by Gasteiger charge is 2.51. The van der Waals surface area contributed by atoms with E-state index in [0.717, 1.165) is 18.4 Å². The second kappa shape index (κ2) is 10.8. The van der Waals surface area contributed by atoms with Crippen molar-refractivity contribution in [3.63, 3.8) is 0 Å². The van der Waals surface area contributed by atoms with E-state index in [-0.39, 0.29) is 29.9 Å². The predicted molar refractivity (Wildman–Crippen MR) is 124 cm³/mol. The number of primary amides is 1. The Morgan fingerprint density at radius 3 is 2.55 bits per heavy atom. The predicted octanol–water partition coefficient (Wildman–Crippen LogP) is 3.51. The van der Waals surface area contributed by atoms with Crippen LogP contribution < -0.4 is 11.1 Å². The monoisotopic (exact) mass is 462 g/mol. The summed E-state index contributed by atoms with van der Waals surface area (Å²) in [6, 6.07) is -0.239. The van der Waals surface area contributed by atoms with Crippen molar-refractivity contribution >= 4 is 12.0 Å². The Labute approximate surface area is 196 Å². The first-order chi connectivity index (χ1) is 15.5. The van der Waals surface area contributed by atoms with Gasteiger partial charge in [0.1, 0.15) is 6.10 Å². The van der Waals surface area contributed by atoms with Gasteiger partial charge in [-0.3, -0.25) is 4.79 Å². The molecule has 0 bridgehead atoms. The summed E-state index contributed by atoms with van der Waals surface area (Å²) in [7, 11) is 0. The molecule has 2 amide bonds. The third kappa shape index (κ3) is 8.61. The van der Waals surface area contributed by atoms with Gasteiger partial charge in [0, 0.05) is 12.5 Å². The maximum atomic E-state index is 12.0. The SMILES string of the molecule is CC(/C=C/[C@@H]1CC2(CC2)CC(C)(C)O1)=C\CC1OCC(NC(=O)/C=C\[C@H](C)OC(N)=O)CO1. The molecule has 184 valence electrons. The number of rotatable bonds is 8. The molecule has 0 unspecified atom stereocenters. The standard InChI is InChI=1S/C25H38N2O6/c1-17(5-8-20-13-25(11-12-25)16-24(3,4)33-20)6-10-22-30-14-19(15-31-22)27-21(28)9-7-18(2)32-23(26)29/h5-9,18-20,22H,10-16H2,1-4H3,(H2,26,29)(H,27,28)/b8-5+,9-7-,17-6+/t18-,19?,20+,22?/m0/s1. The van der Waals surface area contributed by atoms with E-state index in [1.807, 2.05) is 0 Å². The summed E-state index contributed by atoms with van der Waals surface area (Å²) in [5.74, 6) is -0.312. The van der Waals surface area contributed by atoms with Crippen LogP contribution in [0.25, 0.3) is 0 Å². The second-order valence-electron chi connectivity index (χ2n) is 10.1. The number of carbonyl (C=O) groups is 2. The number of nitrogens with one attached hydrogen (secondary N) is 1. The van der Waals surface area contributed by atoms with Gasteiger partial charge in [0.05, 0.1) is 31.0 Å². The van der Waals surface area contributed by atoms with Crippen LogP contribution in [0, 0.1) is 5.41 Å². The third-order valence-electron chi connectivity index (χ3n) is 6.20. The van der Waals surface area contributed by atoms with E-state index in [0.29, 0.717) is 25.0 Å². The molecule has 3 N–H and O–H groups in total. The van der Waals surface area contributed by atoms with Crippen LogP contribution in [-0.4, -0.2) is 55.4 Å². The minimum absolute atomic E-state index is 0.0531. The largest absolute Gasteiger partial charge is 0.442 e. The quantitative estimate of drug-likeness (QED) is 0.422. The topological polar surface area (TPSA) is 109 Å². The molecular formula is C25H38N2O6. The molecule has 1 spiro atoms. The van der Waals surface area contributed by atoms with Gasteiger partial charge in [-0.05, 0) is 64.9 Å². The van der Waals surface area contributed by atoms with Crippen LogP contribution in [0.2, 0.25) is 0 Å². The third-order valence-corrected chi connectivity index (χ3v) is 6.20. The van der Waals surface area contributed by atoms with Crippen LogP contribution in [0.4, 0.5) is 4.79 Å². The maximum Gasteiger partial charge on any atom is 0.405 e. The Kier molecular flexibility index (Phi) is 8.37. The lowest BCUT2D eigenvalue weighted by molar-refractivity contribution is -0.187. The van der Waals surface area contributed by atoms with Crippen LogP contribution in [0.5, 0.6) is 0 Å². The Morgan fingerprint density at radius 2 is 1.91 bits per heavy atom. The molecule has 1 saturated carbocycles. The first-order valence-corrected chi connectivity index (χ1v) is 11.7. The molecule has 8 nitrogen and oxygen atoms in total. The number of amides is 2. The van der Waals surface area contributed by atoms with Crippen molar-refractivity contribution < 1.29 is 28.5 Å². The van der Waals surface area contributed by atoms with Crippen molar-refractivity contribution in [2.75, 3.05) is 13.2 Å². The first kappa shape index (κ1) is 25.5. The molecule has 2 aliphatic heterocycles. The van der Waals surface area contributed by atoms with Crippen LogP contribution in [0.15, 0.2) is 36.0 Å². The molecule has 3 rings (SSSR count). The summed E-state index contributed by atoms with van der Waals surface area (Å²) in [6.45, 7) is 8.80. The van der Waals surface area contributed by atoms with Gasteiger partial charge in [-0.25, -0.2) is 4.79 Å². The molecule has 8 heteroatoms. The highest BCUT2D eigenvalue weighted by atomic mass is 16.7. The van der Waals surface area contributed by atoms with E-state index in [4.69, 9.17) is 24.7 Å². The molecule has 2 heterocycles. The minimum Gasteiger partial charge on any atom is -0.442 e. The van der Waals surface area contributed by atoms with Gasteiger partial charge in [-0.1, -0.05) is 23.8 Å². The van der Waals surface area contributed by atoms with E-state index < -0.39 is 12.2 Å². The van der Waals surface area contributed by atoms with Crippen molar-refractivity contribution in [2.45, 2.75) is 89.9 Å². The summed E-state index contributed by atoms with van der Waals surface area (Å²) >= 11 is 0. The Bertz CT molecular complexity index is 785.